The Labute approximate surface area is 248 Å². The number of hydrogen-bond acceptors (Lipinski definition) is 10. The Kier molecular flexibility index (Phi) is 14.5. The summed E-state index contributed by atoms with van der Waals surface area (Å²) in [7, 11) is 4.59. The highest BCUT2D eigenvalue weighted by atomic mass is 16.5. The predicted molar refractivity (Wildman–Crippen MR) is 159 cm³/mol. The van der Waals surface area contributed by atoms with E-state index in [9.17, 15) is 19.8 Å². The lowest BCUT2D eigenvalue weighted by atomic mass is 9.89. The molecule has 234 valence electrons. The van der Waals surface area contributed by atoms with Gasteiger partial charge in [-0.2, -0.15) is 0 Å². The van der Waals surface area contributed by atoms with E-state index in [0.717, 1.165) is 25.7 Å². The fourth-order valence-corrected chi connectivity index (χ4v) is 4.80. The number of phenols is 2. The van der Waals surface area contributed by atoms with Crippen LogP contribution in [-0.2, 0) is 31.8 Å². The molecule has 1 aliphatic heterocycles. The van der Waals surface area contributed by atoms with Crippen LogP contribution in [-0.4, -0.2) is 119 Å². The number of carbonyl (C=O) groups is 2. The molecule has 0 aliphatic carbocycles. The van der Waals surface area contributed by atoms with E-state index >= 15 is 0 Å². The number of aromatic hydroxyl groups is 2. The Morgan fingerprint density at radius 3 is 2.19 bits per heavy atom. The zero-order valence-corrected chi connectivity index (χ0v) is 24.4. The van der Waals surface area contributed by atoms with E-state index in [0.29, 0.717) is 69.6 Å². The van der Waals surface area contributed by atoms with Crippen LogP contribution in [0.15, 0.2) is 24.3 Å². The first kappa shape index (κ1) is 34.8. The molecule has 1 aliphatic rings. The molecule has 0 radical (unpaired) electrons. The van der Waals surface area contributed by atoms with Gasteiger partial charge in [0, 0.05) is 58.6 Å². The molecule has 11 nitrogen and oxygen atoms in total. The fraction of sp³-hybridized carbons (Fsp3) is 0.548. The molecular weight excluding hydrogens is 544 g/mol. The van der Waals surface area contributed by atoms with Gasteiger partial charge in [-0.1, -0.05) is 14.4 Å². The monoisotopic (exact) mass is 590 g/mol. The maximum absolute atomic E-state index is 13.8. The van der Waals surface area contributed by atoms with Crippen molar-refractivity contribution in [2.75, 3.05) is 87.1 Å². The second-order valence-corrected chi connectivity index (χ2v) is 9.64. The lowest BCUT2D eigenvalue weighted by molar-refractivity contribution is -0.131. The summed E-state index contributed by atoms with van der Waals surface area (Å²) in [6, 6.07) is 5.96. The molecule has 0 saturated carbocycles. The first-order valence-corrected chi connectivity index (χ1v) is 13.8. The van der Waals surface area contributed by atoms with E-state index in [1.807, 2.05) is 6.92 Å². The second-order valence-electron chi connectivity index (χ2n) is 9.64. The smallest absolute Gasteiger partial charge is 0.227 e. The van der Waals surface area contributed by atoms with Gasteiger partial charge in [-0.05, 0) is 35.7 Å². The second kappa shape index (κ2) is 17.5. The highest BCUT2D eigenvalue weighted by Gasteiger charge is 2.27. The summed E-state index contributed by atoms with van der Waals surface area (Å²) in [5.74, 6) is -0.504. The Balaban J connectivity index is 0.00000616. The minimum atomic E-state index is -0.501. The number of benzene rings is 2. The van der Waals surface area contributed by atoms with Crippen LogP contribution in [0, 0.1) is 0 Å². The molecule has 0 spiro atoms. The average molecular weight is 591 g/mol. The van der Waals surface area contributed by atoms with Gasteiger partial charge in [-0.3, -0.25) is 14.5 Å². The topological polar surface area (TPSA) is 127 Å². The van der Waals surface area contributed by atoms with Gasteiger partial charge in [0.25, 0.3) is 0 Å². The fourth-order valence-electron chi connectivity index (χ4n) is 4.80. The van der Waals surface area contributed by atoms with E-state index in [-0.39, 0.29) is 42.2 Å². The molecular formula is C31H46N2O9. The lowest BCUT2D eigenvalue weighted by Gasteiger charge is -2.26. The molecule has 42 heavy (non-hydrogen) atoms. The van der Waals surface area contributed by atoms with Crippen molar-refractivity contribution in [3.05, 3.63) is 46.5 Å². The van der Waals surface area contributed by atoms with Crippen molar-refractivity contribution < 1.29 is 43.5 Å². The highest BCUT2D eigenvalue weighted by molar-refractivity contribution is 6.12. The largest absolute Gasteiger partial charge is 0.508 e. The van der Waals surface area contributed by atoms with Crippen molar-refractivity contribution in [1.29, 1.82) is 0 Å². The summed E-state index contributed by atoms with van der Waals surface area (Å²) in [6.07, 6.45) is 0.157. The number of phenolic OH excluding ortho intramolecular Hbond substituents is 2. The van der Waals surface area contributed by atoms with Crippen molar-refractivity contribution >= 4 is 11.7 Å². The molecule has 3 rings (SSSR count). The van der Waals surface area contributed by atoms with E-state index in [1.165, 1.54) is 7.11 Å². The van der Waals surface area contributed by atoms with E-state index < -0.39 is 11.5 Å². The molecule has 1 saturated heterocycles. The minimum absolute atomic E-state index is 0. The summed E-state index contributed by atoms with van der Waals surface area (Å²) in [5, 5.41) is 21.5. The van der Waals surface area contributed by atoms with Crippen LogP contribution in [0.3, 0.4) is 0 Å². The van der Waals surface area contributed by atoms with Crippen LogP contribution in [0.25, 0.3) is 0 Å². The van der Waals surface area contributed by atoms with E-state index in [1.54, 1.807) is 37.3 Å². The van der Waals surface area contributed by atoms with Gasteiger partial charge < -0.3 is 38.8 Å². The molecule has 0 unspecified atom stereocenters. The third kappa shape index (κ3) is 9.06. The molecule has 0 bridgehead atoms. The minimum Gasteiger partial charge on any atom is -0.508 e. The summed E-state index contributed by atoms with van der Waals surface area (Å²) in [6.45, 7) is 7.42. The number of ether oxygens (including phenoxy) is 5. The number of morpholine rings is 1. The first-order valence-electron chi connectivity index (χ1n) is 13.8. The highest BCUT2D eigenvalue weighted by Crippen LogP contribution is 2.36. The Bertz CT molecular complexity index is 1160. The van der Waals surface area contributed by atoms with Crippen LogP contribution in [0.1, 0.15) is 41.4 Å². The van der Waals surface area contributed by atoms with Gasteiger partial charge >= 0.3 is 0 Å². The number of amides is 1. The number of methoxy groups -OCH3 is 3. The zero-order valence-electron chi connectivity index (χ0n) is 24.4. The van der Waals surface area contributed by atoms with Gasteiger partial charge in [0.2, 0.25) is 5.91 Å². The van der Waals surface area contributed by atoms with Gasteiger partial charge in [0.05, 0.1) is 45.5 Å². The van der Waals surface area contributed by atoms with Crippen molar-refractivity contribution in [2.45, 2.75) is 27.2 Å². The van der Waals surface area contributed by atoms with E-state index in [4.69, 9.17) is 23.7 Å². The Morgan fingerprint density at radius 2 is 1.60 bits per heavy atom. The molecule has 2 N–H and O–H groups in total. The lowest BCUT2D eigenvalue weighted by Crippen LogP contribution is -2.38. The number of rotatable bonds is 16. The maximum atomic E-state index is 13.8. The SMILES string of the molecule is C.CCc1c(O)cc(O)c(C(=O)c2ccc(OCCN3CCOCC3)c(OC)c2)c1CC(=O)N(CCOC)CCOC. The summed E-state index contributed by atoms with van der Waals surface area (Å²) < 4.78 is 27.1. The molecule has 2 aromatic carbocycles. The standard InChI is InChI=1S/C30H42N2O9.CH4/c1-5-22-23(19-28(35)32(11-13-37-2)12-14-38-3)29(25(34)20-24(22)33)30(36)21-6-7-26(27(18-21)39-4)41-17-10-31-8-15-40-16-9-31;/h6-7,18,20,33-34H,5,8-17,19H2,1-4H3;1H4. The van der Waals surface area contributed by atoms with Crippen molar-refractivity contribution in [1.82, 2.24) is 9.80 Å². The van der Waals surface area contributed by atoms with Gasteiger partial charge in [0.15, 0.2) is 17.3 Å². The summed E-state index contributed by atoms with van der Waals surface area (Å²) in [5.41, 5.74) is 0.918. The Hall–Kier alpha value is -3.38. The molecule has 0 aromatic heterocycles. The number of hydrogen-bond donors (Lipinski definition) is 2. The van der Waals surface area contributed by atoms with Crippen molar-refractivity contribution in [2.24, 2.45) is 0 Å². The Morgan fingerprint density at radius 1 is 0.929 bits per heavy atom. The van der Waals surface area contributed by atoms with Crippen molar-refractivity contribution in [3.8, 4) is 23.0 Å². The van der Waals surface area contributed by atoms with Crippen LogP contribution in [0.2, 0.25) is 0 Å². The zero-order chi connectivity index (χ0) is 29.8. The molecule has 1 fully saturated rings. The molecule has 11 heteroatoms. The molecule has 0 atom stereocenters. The van der Waals surface area contributed by atoms with Crippen LogP contribution in [0.5, 0.6) is 23.0 Å². The van der Waals surface area contributed by atoms with Crippen LogP contribution >= 0.6 is 0 Å². The van der Waals surface area contributed by atoms with Crippen LogP contribution < -0.4 is 9.47 Å². The van der Waals surface area contributed by atoms with E-state index in [2.05, 4.69) is 4.90 Å². The van der Waals surface area contributed by atoms with Gasteiger partial charge in [-0.25, -0.2) is 0 Å². The average Bonchev–Trinajstić information content (AvgIpc) is 2.97. The molecule has 1 heterocycles. The number of ketones is 1. The van der Waals surface area contributed by atoms with Gasteiger partial charge in [-0.15, -0.1) is 0 Å². The normalized spacial score (nSPS) is 13.3. The summed E-state index contributed by atoms with van der Waals surface area (Å²) in [4.78, 5) is 31.0. The predicted octanol–water partition coefficient (Wildman–Crippen LogP) is 2.91. The maximum Gasteiger partial charge on any atom is 0.227 e. The summed E-state index contributed by atoms with van der Waals surface area (Å²) >= 11 is 0. The number of nitrogens with zero attached hydrogens (tertiary/aromatic N) is 2. The van der Waals surface area contributed by atoms with Gasteiger partial charge in [0.1, 0.15) is 18.1 Å². The van der Waals surface area contributed by atoms with Crippen molar-refractivity contribution in [3.63, 3.8) is 0 Å². The number of carbonyl (C=O) groups excluding carboxylic acids is 2. The molecule has 1 amide bonds. The van der Waals surface area contributed by atoms with Crippen LogP contribution in [0.4, 0.5) is 0 Å². The third-order valence-electron chi connectivity index (χ3n) is 7.09. The molecule has 2 aromatic rings. The first-order chi connectivity index (χ1) is 19.8. The quantitative estimate of drug-likeness (QED) is 0.282. The third-order valence-corrected chi connectivity index (χ3v) is 7.09.